The topological polar surface area (TPSA) is 136 Å². The summed E-state index contributed by atoms with van der Waals surface area (Å²) in [6.07, 6.45) is 1.39. The largest absolute Gasteiger partial charge is 0.424 e. The number of nitrogens with zero attached hydrogens (tertiary/aromatic N) is 6. The predicted octanol–water partition coefficient (Wildman–Crippen LogP) is 1.58. The fourth-order valence-corrected chi connectivity index (χ4v) is 3.45. The van der Waals surface area contributed by atoms with Gasteiger partial charge in [0.1, 0.15) is 17.2 Å². The molecule has 0 radical (unpaired) electrons. The van der Waals surface area contributed by atoms with Gasteiger partial charge in [0.05, 0.1) is 5.69 Å². The van der Waals surface area contributed by atoms with Crippen LogP contribution in [0.25, 0.3) is 22.6 Å². The van der Waals surface area contributed by atoms with Crippen LogP contribution >= 0.6 is 0 Å². The van der Waals surface area contributed by atoms with Crippen molar-refractivity contribution < 1.29 is 13.9 Å². The molecular formula is C21H23FN8O2. The second kappa shape index (κ2) is 8.71. The smallest absolute Gasteiger partial charge is 0.308 e. The molecule has 1 fully saturated rings. The summed E-state index contributed by atoms with van der Waals surface area (Å²) in [5, 5.41) is 0. The number of nitrogens with two attached hydrogens (primary N) is 2. The molecule has 4 rings (SSSR count). The SMILES string of the molecule is CC(=O)Oc1ccc(-c2ccnc(N)c2F)nc1-c1cc(N2CCN(C)CC2)nc(N)n1. The number of carbonyl (C=O) groups excluding carboxylic acids is 1. The van der Waals surface area contributed by atoms with Crippen molar-refractivity contribution in [1.82, 2.24) is 24.8 Å². The fraction of sp³-hybridized carbons (Fsp3) is 0.286. The summed E-state index contributed by atoms with van der Waals surface area (Å²) in [6.45, 7) is 4.60. The van der Waals surface area contributed by atoms with Crippen LogP contribution in [0.2, 0.25) is 0 Å². The fourth-order valence-electron chi connectivity index (χ4n) is 3.45. The predicted molar refractivity (Wildman–Crippen MR) is 118 cm³/mol. The summed E-state index contributed by atoms with van der Waals surface area (Å²) >= 11 is 0. The number of anilines is 3. The average molecular weight is 438 g/mol. The highest BCUT2D eigenvalue weighted by molar-refractivity contribution is 5.77. The number of aromatic nitrogens is 4. The molecule has 3 aromatic rings. The number of carbonyl (C=O) groups is 1. The van der Waals surface area contributed by atoms with E-state index >= 15 is 0 Å². The van der Waals surface area contributed by atoms with Gasteiger partial charge in [0.15, 0.2) is 17.4 Å². The minimum atomic E-state index is -0.688. The van der Waals surface area contributed by atoms with Crippen molar-refractivity contribution in [3.63, 3.8) is 0 Å². The zero-order valence-corrected chi connectivity index (χ0v) is 17.7. The first-order chi connectivity index (χ1) is 15.3. The van der Waals surface area contributed by atoms with Crippen molar-refractivity contribution in [3.05, 3.63) is 36.3 Å². The highest BCUT2D eigenvalue weighted by Gasteiger charge is 2.21. The molecule has 1 saturated heterocycles. The average Bonchev–Trinajstić information content (AvgIpc) is 2.76. The highest BCUT2D eigenvalue weighted by Crippen LogP contribution is 2.33. The second-order valence-electron chi connectivity index (χ2n) is 7.45. The molecule has 1 aliphatic heterocycles. The molecule has 0 unspecified atom stereocenters. The van der Waals surface area contributed by atoms with Crippen LogP contribution in [0.1, 0.15) is 6.92 Å². The maximum Gasteiger partial charge on any atom is 0.308 e. The molecule has 0 amide bonds. The van der Waals surface area contributed by atoms with Crippen molar-refractivity contribution in [1.29, 1.82) is 0 Å². The monoisotopic (exact) mass is 438 g/mol. The van der Waals surface area contributed by atoms with Gasteiger partial charge in [-0.3, -0.25) is 4.79 Å². The Bertz CT molecular complexity index is 1160. The second-order valence-corrected chi connectivity index (χ2v) is 7.45. The Labute approximate surface area is 184 Å². The summed E-state index contributed by atoms with van der Waals surface area (Å²) in [4.78, 5) is 32.9. The third-order valence-corrected chi connectivity index (χ3v) is 5.10. The van der Waals surface area contributed by atoms with Gasteiger partial charge < -0.3 is 26.0 Å². The van der Waals surface area contributed by atoms with Crippen LogP contribution in [0.15, 0.2) is 30.5 Å². The number of esters is 1. The number of hydrogen-bond donors (Lipinski definition) is 2. The van der Waals surface area contributed by atoms with E-state index in [9.17, 15) is 9.18 Å². The lowest BCUT2D eigenvalue weighted by Crippen LogP contribution is -2.44. The minimum absolute atomic E-state index is 0.0525. The molecule has 3 aromatic heterocycles. The van der Waals surface area contributed by atoms with Crippen molar-refractivity contribution >= 4 is 23.6 Å². The molecule has 10 nitrogen and oxygen atoms in total. The Hall–Kier alpha value is -3.86. The number of pyridine rings is 2. The zero-order chi connectivity index (χ0) is 22.8. The molecule has 166 valence electrons. The van der Waals surface area contributed by atoms with Gasteiger partial charge in [-0.15, -0.1) is 0 Å². The summed E-state index contributed by atoms with van der Waals surface area (Å²) in [7, 11) is 2.06. The van der Waals surface area contributed by atoms with E-state index in [1.54, 1.807) is 6.07 Å². The maximum atomic E-state index is 14.6. The Balaban J connectivity index is 1.82. The quantitative estimate of drug-likeness (QED) is 0.578. The third kappa shape index (κ3) is 4.42. The molecule has 0 aromatic carbocycles. The molecule has 1 aliphatic rings. The van der Waals surface area contributed by atoms with Crippen molar-refractivity contribution in [3.8, 4) is 28.4 Å². The van der Waals surface area contributed by atoms with Gasteiger partial charge in [0.2, 0.25) is 5.95 Å². The summed E-state index contributed by atoms with van der Waals surface area (Å²) in [5.41, 5.74) is 12.6. The van der Waals surface area contributed by atoms with Crippen LogP contribution in [-0.4, -0.2) is 64.0 Å². The number of ether oxygens (including phenoxy) is 1. The lowest BCUT2D eigenvalue weighted by atomic mass is 10.1. The summed E-state index contributed by atoms with van der Waals surface area (Å²) in [5.74, 6) is -0.588. The van der Waals surface area contributed by atoms with Crippen LogP contribution in [0.4, 0.5) is 22.0 Å². The van der Waals surface area contributed by atoms with E-state index in [0.717, 1.165) is 26.2 Å². The van der Waals surface area contributed by atoms with E-state index < -0.39 is 11.8 Å². The van der Waals surface area contributed by atoms with Gasteiger partial charge in [-0.1, -0.05) is 0 Å². The van der Waals surface area contributed by atoms with Crippen LogP contribution in [-0.2, 0) is 4.79 Å². The molecule has 0 aliphatic carbocycles. The van der Waals surface area contributed by atoms with E-state index in [-0.39, 0.29) is 34.5 Å². The molecular weight excluding hydrogens is 415 g/mol. The van der Waals surface area contributed by atoms with Crippen LogP contribution in [0.5, 0.6) is 5.75 Å². The number of hydrogen-bond acceptors (Lipinski definition) is 10. The molecule has 0 spiro atoms. The first-order valence-corrected chi connectivity index (χ1v) is 10.00. The van der Waals surface area contributed by atoms with E-state index in [1.807, 2.05) is 0 Å². The summed E-state index contributed by atoms with van der Waals surface area (Å²) in [6, 6.07) is 6.26. The first kappa shape index (κ1) is 21.4. The van der Waals surface area contributed by atoms with Gasteiger partial charge in [-0.2, -0.15) is 4.98 Å². The van der Waals surface area contributed by atoms with E-state index in [2.05, 4.69) is 36.8 Å². The van der Waals surface area contributed by atoms with Crippen LogP contribution in [0, 0.1) is 5.82 Å². The van der Waals surface area contributed by atoms with Gasteiger partial charge in [0.25, 0.3) is 0 Å². The number of halogens is 1. The Morgan fingerprint density at radius 2 is 1.81 bits per heavy atom. The number of likely N-dealkylation sites (N-methyl/N-ethyl adjacent to an activating group) is 1. The van der Waals surface area contributed by atoms with Crippen molar-refractivity contribution in [2.45, 2.75) is 6.92 Å². The third-order valence-electron chi connectivity index (χ3n) is 5.10. The number of rotatable bonds is 4. The Kier molecular flexibility index (Phi) is 5.82. The van der Waals surface area contributed by atoms with Crippen LogP contribution in [0.3, 0.4) is 0 Å². The molecule has 0 saturated carbocycles. The van der Waals surface area contributed by atoms with Crippen molar-refractivity contribution in [2.75, 3.05) is 49.6 Å². The lowest BCUT2D eigenvalue weighted by Gasteiger charge is -2.33. The lowest BCUT2D eigenvalue weighted by molar-refractivity contribution is -0.131. The molecule has 0 atom stereocenters. The normalized spacial score (nSPS) is 14.4. The highest BCUT2D eigenvalue weighted by atomic mass is 19.1. The molecule has 0 bridgehead atoms. The van der Waals surface area contributed by atoms with E-state index in [1.165, 1.54) is 31.3 Å². The zero-order valence-electron chi connectivity index (χ0n) is 17.7. The van der Waals surface area contributed by atoms with Gasteiger partial charge in [-0.05, 0) is 25.2 Å². The standard InChI is InChI=1S/C21H23FN8O2/c1-12(31)32-16-4-3-14(13-5-6-25-20(23)18(13)22)26-19(16)15-11-17(28-21(24)27-15)30-9-7-29(2)8-10-30/h3-6,11H,7-10H2,1-2H3,(H2,23,25)(H2,24,27,28). The number of piperazine rings is 1. The Morgan fingerprint density at radius 3 is 2.53 bits per heavy atom. The maximum absolute atomic E-state index is 14.6. The van der Waals surface area contributed by atoms with Gasteiger partial charge in [-0.25, -0.2) is 19.3 Å². The Morgan fingerprint density at radius 1 is 1.06 bits per heavy atom. The van der Waals surface area contributed by atoms with E-state index in [4.69, 9.17) is 16.2 Å². The van der Waals surface area contributed by atoms with Gasteiger partial charge >= 0.3 is 5.97 Å². The molecule has 32 heavy (non-hydrogen) atoms. The molecule has 4 heterocycles. The first-order valence-electron chi connectivity index (χ1n) is 10.00. The van der Waals surface area contributed by atoms with Crippen molar-refractivity contribution in [2.24, 2.45) is 0 Å². The molecule has 4 N–H and O–H groups in total. The molecule has 11 heteroatoms. The minimum Gasteiger partial charge on any atom is -0.424 e. The van der Waals surface area contributed by atoms with Crippen LogP contribution < -0.4 is 21.1 Å². The number of nitrogen functional groups attached to an aromatic ring is 2. The summed E-state index contributed by atoms with van der Waals surface area (Å²) < 4.78 is 19.9. The van der Waals surface area contributed by atoms with Gasteiger partial charge in [0, 0.05) is 50.9 Å². The van der Waals surface area contributed by atoms with E-state index in [0.29, 0.717) is 11.5 Å².